The van der Waals surface area contributed by atoms with Crippen LogP contribution in [0.4, 0.5) is 5.69 Å². The summed E-state index contributed by atoms with van der Waals surface area (Å²) in [5.41, 5.74) is 5.62. The summed E-state index contributed by atoms with van der Waals surface area (Å²) in [5.74, 6) is 0.335. The quantitative estimate of drug-likeness (QED) is 0.495. The molecule has 6 nitrogen and oxygen atoms in total. The molecule has 0 aliphatic heterocycles. The highest BCUT2D eigenvalue weighted by atomic mass is 32.2. The van der Waals surface area contributed by atoms with Crippen LogP contribution in [-0.2, 0) is 15.8 Å². The first-order valence-corrected chi connectivity index (χ1v) is 11.2. The molecule has 0 radical (unpaired) electrons. The summed E-state index contributed by atoms with van der Waals surface area (Å²) in [6.07, 6.45) is 3.86. The van der Waals surface area contributed by atoms with Crippen molar-refractivity contribution < 1.29 is 13.2 Å². The highest BCUT2D eigenvalue weighted by molar-refractivity contribution is 7.91. The zero-order valence-electron chi connectivity index (χ0n) is 17.1. The maximum Gasteiger partial charge on any atom is 0.237 e. The Hall–Kier alpha value is -3.32. The average Bonchev–Trinajstić information content (AvgIpc) is 3.13. The van der Waals surface area contributed by atoms with Crippen LogP contribution >= 0.6 is 0 Å². The number of fused-ring (bicyclic) bond motifs is 1. The van der Waals surface area contributed by atoms with E-state index in [1.165, 1.54) is 7.11 Å². The van der Waals surface area contributed by atoms with Gasteiger partial charge in [-0.3, -0.25) is 4.72 Å². The van der Waals surface area contributed by atoms with Crippen LogP contribution in [0.5, 0.6) is 5.75 Å². The molecule has 1 N–H and O–H groups in total. The summed E-state index contributed by atoms with van der Waals surface area (Å²) >= 11 is 0. The third kappa shape index (κ3) is 4.16. The van der Waals surface area contributed by atoms with E-state index in [1.54, 1.807) is 18.2 Å². The van der Waals surface area contributed by atoms with E-state index in [4.69, 9.17) is 9.72 Å². The van der Waals surface area contributed by atoms with Crippen LogP contribution in [-0.4, -0.2) is 24.9 Å². The topological polar surface area (TPSA) is 72.7 Å². The number of methoxy groups -OCH3 is 1. The van der Waals surface area contributed by atoms with E-state index < -0.39 is 10.0 Å². The summed E-state index contributed by atoms with van der Waals surface area (Å²) in [6.45, 7) is 3.94. The molecule has 2 heterocycles. The Morgan fingerprint density at radius 1 is 1.07 bits per heavy atom. The van der Waals surface area contributed by atoms with Crippen molar-refractivity contribution in [1.29, 1.82) is 0 Å². The lowest BCUT2D eigenvalue weighted by Gasteiger charge is -2.13. The van der Waals surface area contributed by atoms with Crippen LogP contribution in [0.3, 0.4) is 0 Å². The standard InChI is InChI=1S/C23H23N3O3S/c1-16-6-4-8-18(12-16)15-30(27,28)25-20-13-19(9-10-22(20)29-3)21-14-26-11-5-7-17(2)23(26)24-21/h4-14,25H,15H2,1-3H3. The second-order valence-electron chi connectivity index (χ2n) is 7.31. The smallest absolute Gasteiger partial charge is 0.237 e. The number of nitrogens with one attached hydrogen (secondary N) is 1. The number of rotatable bonds is 6. The highest BCUT2D eigenvalue weighted by Gasteiger charge is 2.16. The van der Waals surface area contributed by atoms with E-state index in [0.29, 0.717) is 11.4 Å². The molecule has 0 amide bonds. The minimum absolute atomic E-state index is 0.115. The summed E-state index contributed by atoms with van der Waals surface area (Å²) in [6, 6.07) is 16.8. The van der Waals surface area contributed by atoms with E-state index in [-0.39, 0.29) is 5.75 Å². The van der Waals surface area contributed by atoms with Gasteiger partial charge in [0.05, 0.1) is 24.2 Å². The number of hydrogen-bond donors (Lipinski definition) is 1. The van der Waals surface area contributed by atoms with Gasteiger partial charge in [0.2, 0.25) is 10.0 Å². The maximum atomic E-state index is 12.8. The molecule has 2 aromatic carbocycles. The van der Waals surface area contributed by atoms with E-state index in [1.807, 2.05) is 67.0 Å². The number of pyridine rings is 1. The average molecular weight is 422 g/mol. The second-order valence-corrected chi connectivity index (χ2v) is 9.04. The van der Waals surface area contributed by atoms with Gasteiger partial charge in [-0.2, -0.15) is 0 Å². The van der Waals surface area contributed by atoms with Gasteiger partial charge in [-0.05, 0) is 49.2 Å². The van der Waals surface area contributed by atoms with Crippen LogP contribution in [0, 0.1) is 13.8 Å². The molecule has 2 aromatic heterocycles. The van der Waals surface area contributed by atoms with Crippen LogP contribution in [0.25, 0.3) is 16.9 Å². The van der Waals surface area contributed by atoms with Crippen molar-refractivity contribution in [3.8, 4) is 17.0 Å². The van der Waals surface area contributed by atoms with Crippen molar-refractivity contribution in [1.82, 2.24) is 9.38 Å². The molecule has 0 atom stereocenters. The number of sulfonamides is 1. The molecule has 0 aliphatic carbocycles. The fourth-order valence-electron chi connectivity index (χ4n) is 3.46. The van der Waals surface area contributed by atoms with Crippen molar-refractivity contribution in [3.63, 3.8) is 0 Å². The van der Waals surface area contributed by atoms with Crippen molar-refractivity contribution in [2.75, 3.05) is 11.8 Å². The summed E-state index contributed by atoms with van der Waals surface area (Å²) in [5, 5.41) is 0. The number of imidazole rings is 1. The van der Waals surface area contributed by atoms with Crippen molar-refractivity contribution in [2.45, 2.75) is 19.6 Å². The molecule has 0 spiro atoms. The van der Waals surface area contributed by atoms with Crippen molar-refractivity contribution >= 4 is 21.4 Å². The monoisotopic (exact) mass is 421 g/mol. The molecule has 7 heteroatoms. The molecule has 0 unspecified atom stereocenters. The number of benzene rings is 2. The first kappa shape index (κ1) is 20.0. The molecule has 0 bridgehead atoms. The van der Waals surface area contributed by atoms with E-state index in [0.717, 1.165) is 33.6 Å². The molecule has 154 valence electrons. The maximum absolute atomic E-state index is 12.8. The van der Waals surface area contributed by atoms with Crippen LogP contribution in [0.2, 0.25) is 0 Å². The SMILES string of the molecule is COc1ccc(-c2cn3cccc(C)c3n2)cc1NS(=O)(=O)Cc1cccc(C)c1. The van der Waals surface area contributed by atoms with Gasteiger partial charge < -0.3 is 9.14 Å². The van der Waals surface area contributed by atoms with Gasteiger partial charge in [-0.15, -0.1) is 0 Å². The first-order valence-electron chi connectivity index (χ1n) is 9.53. The Morgan fingerprint density at radius 3 is 2.63 bits per heavy atom. The van der Waals surface area contributed by atoms with Gasteiger partial charge in [-0.1, -0.05) is 35.9 Å². The Kier molecular flexibility index (Phi) is 5.22. The number of aryl methyl sites for hydroxylation is 2. The van der Waals surface area contributed by atoms with Gasteiger partial charge in [0.15, 0.2) is 0 Å². The lowest BCUT2D eigenvalue weighted by Crippen LogP contribution is -2.15. The lowest BCUT2D eigenvalue weighted by molar-refractivity contribution is 0.417. The second kappa shape index (κ2) is 7.84. The molecule has 0 aliphatic rings. The van der Waals surface area contributed by atoms with Gasteiger partial charge in [0.25, 0.3) is 0 Å². The van der Waals surface area contributed by atoms with Gasteiger partial charge in [-0.25, -0.2) is 13.4 Å². The molecular weight excluding hydrogens is 398 g/mol. The predicted octanol–water partition coefficient (Wildman–Crippen LogP) is 4.57. The van der Waals surface area contributed by atoms with Crippen LogP contribution < -0.4 is 9.46 Å². The largest absolute Gasteiger partial charge is 0.495 e. The fraction of sp³-hybridized carbons (Fsp3) is 0.174. The zero-order valence-corrected chi connectivity index (χ0v) is 17.9. The summed E-state index contributed by atoms with van der Waals surface area (Å²) in [4.78, 5) is 4.70. The Morgan fingerprint density at radius 2 is 1.90 bits per heavy atom. The molecule has 4 rings (SSSR count). The number of aromatic nitrogens is 2. The summed E-state index contributed by atoms with van der Waals surface area (Å²) in [7, 11) is -2.11. The van der Waals surface area contributed by atoms with Gasteiger partial charge in [0, 0.05) is 18.0 Å². The Bertz CT molecular complexity index is 1330. The number of anilines is 1. The fourth-order valence-corrected chi connectivity index (χ4v) is 4.65. The van der Waals surface area contributed by atoms with E-state index in [2.05, 4.69) is 4.72 Å². The molecule has 30 heavy (non-hydrogen) atoms. The highest BCUT2D eigenvalue weighted by Crippen LogP contribution is 2.32. The zero-order chi connectivity index (χ0) is 21.3. The third-order valence-electron chi connectivity index (χ3n) is 4.88. The molecule has 0 fully saturated rings. The van der Waals surface area contributed by atoms with Gasteiger partial charge in [0.1, 0.15) is 11.4 Å². The van der Waals surface area contributed by atoms with Crippen LogP contribution in [0.15, 0.2) is 67.0 Å². The Labute approximate surface area is 176 Å². The molecule has 0 saturated heterocycles. The van der Waals surface area contributed by atoms with Crippen molar-refractivity contribution in [3.05, 3.63) is 83.7 Å². The van der Waals surface area contributed by atoms with E-state index >= 15 is 0 Å². The first-order chi connectivity index (χ1) is 14.3. The van der Waals surface area contributed by atoms with Crippen LogP contribution in [0.1, 0.15) is 16.7 Å². The van der Waals surface area contributed by atoms with Gasteiger partial charge >= 0.3 is 0 Å². The Balaban J connectivity index is 1.68. The molecular formula is C23H23N3O3S. The molecule has 0 saturated carbocycles. The number of ether oxygens (including phenoxy) is 1. The minimum atomic E-state index is -3.62. The summed E-state index contributed by atoms with van der Waals surface area (Å²) < 4.78 is 35.6. The number of hydrogen-bond acceptors (Lipinski definition) is 4. The normalized spacial score (nSPS) is 11.6. The molecule has 4 aromatic rings. The van der Waals surface area contributed by atoms with E-state index in [9.17, 15) is 8.42 Å². The predicted molar refractivity (Wildman–Crippen MR) is 119 cm³/mol. The third-order valence-corrected chi connectivity index (χ3v) is 6.12. The minimum Gasteiger partial charge on any atom is -0.495 e. The number of nitrogens with zero attached hydrogens (tertiary/aromatic N) is 2. The van der Waals surface area contributed by atoms with Crippen molar-refractivity contribution in [2.24, 2.45) is 0 Å². The lowest BCUT2D eigenvalue weighted by atomic mass is 10.1.